The molecule has 0 spiro atoms. The van der Waals surface area contributed by atoms with Crippen LogP contribution in [0.15, 0.2) is 36.4 Å². The van der Waals surface area contributed by atoms with Gasteiger partial charge in [-0.2, -0.15) is 5.26 Å². The Kier molecular flexibility index (Phi) is 8.28. The summed E-state index contributed by atoms with van der Waals surface area (Å²) in [5, 5.41) is 15.1. The van der Waals surface area contributed by atoms with Gasteiger partial charge in [-0.3, -0.25) is 14.5 Å². The van der Waals surface area contributed by atoms with E-state index in [1.54, 1.807) is 42.3 Å². The van der Waals surface area contributed by atoms with Crippen molar-refractivity contribution >= 4 is 46.4 Å². The number of anilines is 2. The zero-order valence-electron chi connectivity index (χ0n) is 16.0. The molecule has 0 radical (unpaired) electrons. The summed E-state index contributed by atoms with van der Waals surface area (Å²) in [5.41, 5.74) is 1.33. The molecule has 0 aliphatic rings. The Labute approximate surface area is 179 Å². The van der Waals surface area contributed by atoms with Gasteiger partial charge >= 0.3 is 0 Å². The minimum absolute atomic E-state index is 0.0889. The van der Waals surface area contributed by atoms with E-state index in [1.807, 2.05) is 6.07 Å². The van der Waals surface area contributed by atoms with Crippen LogP contribution in [-0.4, -0.2) is 44.0 Å². The zero-order chi connectivity index (χ0) is 21.4. The normalized spacial score (nSPS) is 10.3. The van der Waals surface area contributed by atoms with E-state index in [-0.39, 0.29) is 29.8 Å². The van der Waals surface area contributed by atoms with Crippen LogP contribution in [0.5, 0.6) is 5.75 Å². The van der Waals surface area contributed by atoms with Crippen molar-refractivity contribution in [1.82, 2.24) is 4.90 Å². The highest BCUT2D eigenvalue weighted by molar-refractivity contribution is 6.32. The molecule has 2 aromatic carbocycles. The van der Waals surface area contributed by atoms with Gasteiger partial charge < -0.3 is 15.4 Å². The molecule has 2 aromatic rings. The van der Waals surface area contributed by atoms with Gasteiger partial charge in [-0.25, -0.2) is 0 Å². The first-order chi connectivity index (χ1) is 13.8. The third kappa shape index (κ3) is 6.95. The second-order valence-electron chi connectivity index (χ2n) is 6.24. The van der Waals surface area contributed by atoms with Crippen LogP contribution in [0.1, 0.15) is 12.0 Å². The molecule has 29 heavy (non-hydrogen) atoms. The fourth-order valence-corrected chi connectivity index (χ4v) is 2.89. The molecule has 2 N–H and O–H groups in total. The third-order valence-corrected chi connectivity index (χ3v) is 4.49. The predicted molar refractivity (Wildman–Crippen MR) is 114 cm³/mol. The molecule has 0 aliphatic heterocycles. The summed E-state index contributed by atoms with van der Waals surface area (Å²) in [4.78, 5) is 26.1. The van der Waals surface area contributed by atoms with Gasteiger partial charge in [0.15, 0.2) is 0 Å². The van der Waals surface area contributed by atoms with E-state index >= 15 is 0 Å². The number of carbonyl (C=O) groups excluding carboxylic acids is 2. The van der Waals surface area contributed by atoms with E-state index in [0.29, 0.717) is 34.3 Å². The van der Waals surface area contributed by atoms with Gasteiger partial charge in [0.2, 0.25) is 11.8 Å². The number of hydrogen-bond donors (Lipinski definition) is 2. The second-order valence-corrected chi connectivity index (χ2v) is 7.08. The molecule has 0 unspecified atom stereocenters. The maximum Gasteiger partial charge on any atom is 0.238 e. The summed E-state index contributed by atoms with van der Waals surface area (Å²) < 4.78 is 5.20. The van der Waals surface area contributed by atoms with Crippen LogP contribution >= 0.6 is 23.2 Å². The van der Waals surface area contributed by atoms with E-state index in [2.05, 4.69) is 10.6 Å². The second kappa shape index (κ2) is 10.7. The molecule has 152 valence electrons. The highest BCUT2D eigenvalue weighted by atomic mass is 35.5. The first-order valence-corrected chi connectivity index (χ1v) is 9.39. The number of carbonyl (C=O) groups is 2. The Morgan fingerprint density at radius 1 is 1.14 bits per heavy atom. The number of amides is 2. The lowest BCUT2D eigenvalue weighted by molar-refractivity contribution is -0.119. The summed E-state index contributed by atoms with van der Waals surface area (Å²) in [6.07, 6.45) is 0.182. The Morgan fingerprint density at radius 3 is 2.55 bits per heavy atom. The smallest absolute Gasteiger partial charge is 0.238 e. The number of halogens is 2. The van der Waals surface area contributed by atoms with Crippen molar-refractivity contribution in [2.24, 2.45) is 0 Å². The number of likely N-dealkylation sites (N-methyl/N-ethyl adjacent to an activating group) is 1. The van der Waals surface area contributed by atoms with Crippen LogP contribution in [-0.2, 0) is 9.59 Å². The van der Waals surface area contributed by atoms with Gasteiger partial charge in [0.05, 0.1) is 29.9 Å². The molecule has 0 aromatic heterocycles. The molecule has 0 bridgehead atoms. The standard InChI is InChI=1S/C20H20Cl2N4O3/c1-26(12-20(28)25-17-9-14(21)4-6-18(17)29-2)8-7-19(27)24-15-5-3-13(11-23)16(22)10-15/h3-6,9-10H,7-8,12H2,1-2H3,(H,24,27)(H,25,28). The van der Waals surface area contributed by atoms with Crippen molar-refractivity contribution in [1.29, 1.82) is 5.26 Å². The van der Waals surface area contributed by atoms with Crippen LogP contribution in [0.25, 0.3) is 0 Å². The van der Waals surface area contributed by atoms with Gasteiger partial charge in [-0.05, 0) is 43.4 Å². The van der Waals surface area contributed by atoms with Crippen LogP contribution < -0.4 is 15.4 Å². The number of rotatable bonds is 8. The number of methoxy groups -OCH3 is 1. The van der Waals surface area contributed by atoms with Gasteiger partial charge in [0, 0.05) is 23.7 Å². The minimum Gasteiger partial charge on any atom is -0.495 e. The third-order valence-electron chi connectivity index (χ3n) is 3.94. The number of hydrogen-bond acceptors (Lipinski definition) is 5. The van der Waals surface area contributed by atoms with Gasteiger partial charge in [0.1, 0.15) is 11.8 Å². The molecule has 2 amide bonds. The lowest BCUT2D eigenvalue weighted by atomic mass is 10.2. The van der Waals surface area contributed by atoms with E-state index in [4.69, 9.17) is 33.2 Å². The number of ether oxygens (including phenoxy) is 1. The first kappa shape index (κ1) is 22.5. The van der Waals surface area contributed by atoms with E-state index in [1.165, 1.54) is 13.2 Å². The van der Waals surface area contributed by atoms with E-state index < -0.39 is 0 Å². The predicted octanol–water partition coefficient (Wildman–Crippen LogP) is 3.77. The molecular weight excluding hydrogens is 415 g/mol. The molecule has 0 atom stereocenters. The fourth-order valence-electron chi connectivity index (χ4n) is 2.49. The summed E-state index contributed by atoms with van der Waals surface area (Å²) in [6, 6.07) is 11.6. The quantitative estimate of drug-likeness (QED) is 0.658. The molecule has 7 nitrogen and oxygen atoms in total. The van der Waals surface area contributed by atoms with Crippen molar-refractivity contribution in [3.63, 3.8) is 0 Å². The number of nitrogens with one attached hydrogen (secondary N) is 2. The van der Waals surface area contributed by atoms with E-state index in [9.17, 15) is 9.59 Å². The SMILES string of the molecule is COc1ccc(Cl)cc1NC(=O)CN(C)CCC(=O)Nc1ccc(C#N)c(Cl)c1. The number of benzene rings is 2. The molecular formula is C20H20Cl2N4O3. The Bertz CT molecular complexity index is 944. The van der Waals surface area contributed by atoms with Gasteiger partial charge in [0.25, 0.3) is 0 Å². The average molecular weight is 435 g/mol. The van der Waals surface area contributed by atoms with Gasteiger partial charge in [-0.1, -0.05) is 23.2 Å². The van der Waals surface area contributed by atoms with Crippen molar-refractivity contribution < 1.29 is 14.3 Å². The molecule has 0 aliphatic carbocycles. The molecule has 0 heterocycles. The highest BCUT2D eigenvalue weighted by Gasteiger charge is 2.12. The molecule has 0 saturated carbocycles. The van der Waals surface area contributed by atoms with Gasteiger partial charge in [-0.15, -0.1) is 0 Å². The van der Waals surface area contributed by atoms with E-state index in [0.717, 1.165) is 0 Å². The fraction of sp³-hybridized carbons (Fsp3) is 0.250. The van der Waals surface area contributed by atoms with Crippen LogP contribution in [0, 0.1) is 11.3 Å². The number of nitrogens with zero attached hydrogens (tertiary/aromatic N) is 2. The molecule has 0 saturated heterocycles. The minimum atomic E-state index is -0.257. The van der Waals surface area contributed by atoms with Crippen molar-refractivity contribution in [3.8, 4) is 11.8 Å². The van der Waals surface area contributed by atoms with Crippen molar-refractivity contribution in [2.45, 2.75) is 6.42 Å². The summed E-state index contributed by atoms with van der Waals surface area (Å²) in [6.45, 7) is 0.460. The number of nitriles is 1. The maximum atomic E-state index is 12.2. The summed E-state index contributed by atoms with van der Waals surface area (Å²) in [5.74, 6) is 0.0211. The topological polar surface area (TPSA) is 94.5 Å². The maximum absolute atomic E-state index is 12.2. The van der Waals surface area contributed by atoms with Crippen LogP contribution in [0.3, 0.4) is 0 Å². The first-order valence-electron chi connectivity index (χ1n) is 8.64. The summed E-state index contributed by atoms with van der Waals surface area (Å²) in [7, 11) is 3.24. The van der Waals surface area contributed by atoms with Crippen LogP contribution in [0.2, 0.25) is 10.0 Å². The Morgan fingerprint density at radius 2 is 1.90 bits per heavy atom. The zero-order valence-corrected chi connectivity index (χ0v) is 17.5. The molecule has 2 rings (SSSR count). The Hall–Kier alpha value is -2.79. The lowest BCUT2D eigenvalue weighted by Gasteiger charge is -2.17. The Balaban J connectivity index is 1.81. The highest BCUT2D eigenvalue weighted by Crippen LogP contribution is 2.27. The van der Waals surface area contributed by atoms with Crippen molar-refractivity contribution in [3.05, 3.63) is 52.0 Å². The summed E-state index contributed by atoms with van der Waals surface area (Å²) >= 11 is 11.9. The largest absolute Gasteiger partial charge is 0.495 e. The molecule has 0 fully saturated rings. The lowest BCUT2D eigenvalue weighted by Crippen LogP contribution is -2.32. The van der Waals surface area contributed by atoms with Crippen molar-refractivity contribution in [2.75, 3.05) is 37.9 Å². The monoisotopic (exact) mass is 434 g/mol. The average Bonchev–Trinajstić information content (AvgIpc) is 2.66. The van der Waals surface area contributed by atoms with Crippen LogP contribution in [0.4, 0.5) is 11.4 Å². The molecule has 9 heteroatoms.